The Balaban J connectivity index is 2.42. The SMILES string of the molecule is COc1ccc(-c2csc(C#N)n2)cc1C. The van der Waals surface area contributed by atoms with E-state index in [2.05, 4.69) is 4.98 Å². The minimum atomic E-state index is 0.489. The number of thiazole rings is 1. The van der Waals surface area contributed by atoms with Crippen LogP contribution in [0.5, 0.6) is 5.75 Å². The second-order valence-corrected chi connectivity index (χ2v) is 4.19. The number of benzene rings is 1. The highest BCUT2D eigenvalue weighted by Crippen LogP contribution is 2.26. The molecule has 1 aromatic carbocycles. The van der Waals surface area contributed by atoms with Gasteiger partial charge in [0, 0.05) is 10.9 Å². The second-order valence-electron chi connectivity index (χ2n) is 3.33. The van der Waals surface area contributed by atoms with Gasteiger partial charge in [0.2, 0.25) is 0 Å². The maximum atomic E-state index is 8.71. The zero-order valence-corrected chi connectivity index (χ0v) is 9.84. The molecule has 80 valence electrons. The van der Waals surface area contributed by atoms with Crippen molar-refractivity contribution < 1.29 is 4.74 Å². The second kappa shape index (κ2) is 4.33. The van der Waals surface area contributed by atoms with E-state index in [-0.39, 0.29) is 0 Å². The summed E-state index contributed by atoms with van der Waals surface area (Å²) in [5.41, 5.74) is 2.91. The molecule has 0 fully saturated rings. The van der Waals surface area contributed by atoms with E-state index in [4.69, 9.17) is 10.00 Å². The van der Waals surface area contributed by atoms with Crippen LogP contribution in [0, 0.1) is 18.3 Å². The Kier molecular flexibility index (Phi) is 2.88. The van der Waals surface area contributed by atoms with Crippen LogP contribution in [-0.2, 0) is 0 Å². The molecule has 0 spiro atoms. The number of aromatic nitrogens is 1. The Morgan fingerprint density at radius 3 is 2.81 bits per heavy atom. The summed E-state index contributed by atoms with van der Waals surface area (Å²) in [5, 5.41) is 11.1. The number of nitriles is 1. The minimum absolute atomic E-state index is 0.489. The zero-order valence-electron chi connectivity index (χ0n) is 9.02. The van der Waals surface area contributed by atoms with Gasteiger partial charge in [-0.3, -0.25) is 0 Å². The van der Waals surface area contributed by atoms with E-state index in [9.17, 15) is 0 Å². The number of ether oxygens (including phenoxy) is 1. The van der Waals surface area contributed by atoms with Crippen molar-refractivity contribution in [1.29, 1.82) is 5.26 Å². The van der Waals surface area contributed by atoms with Gasteiger partial charge < -0.3 is 4.74 Å². The van der Waals surface area contributed by atoms with Crippen LogP contribution in [-0.4, -0.2) is 12.1 Å². The largest absolute Gasteiger partial charge is 0.496 e. The number of hydrogen-bond acceptors (Lipinski definition) is 4. The molecule has 0 atom stereocenters. The van der Waals surface area contributed by atoms with E-state index in [0.29, 0.717) is 5.01 Å². The molecule has 0 aliphatic rings. The van der Waals surface area contributed by atoms with E-state index >= 15 is 0 Å². The third-order valence-electron chi connectivity index (χ3n) is 2.29. The normalized spacial score (nSPS) is 9.81. The fraction of sp³-hybridized carbons (Fsp3) is 0.167. The molecular weight excluding hydrogens is 220 g/mol. The highest BCUT2D eigenvalue weighted by atomic mass is 32.1. The predicted molar refractivity (Wildman–Crippen MR) is 63.6 cm³/mol. The van der Waals surface area contributed by atoms with E-state index in [0.717, 1.165) is 22.6 Å². The van der Waals surface area contributed by atoms with Crippen LogP contribution in [0.4, 0.5) is 0 Å². The summed E-state index contributed by atoms with van der Waals surface area (Å²) in [6.45, 7) is 1.99. The summed E-state index contributed by atoms with van der Waals surface area (Å²) in [6, 6.07) is 7.91. The van der Waals surface area contributed by atoms with E-state index < -0.39 is 0 Å². The van der Waals surface area contributed by atoms with Gasteiger partial charge in [0.15, 0.2) is 5.01 Å². The third kappa shape index (κ3) is 1.90. The first-order valence-corrected chi connectivity index (χ1v) is 5.63. The van der Waals surface area contributed by atoms with Crippen LogP contribution in [0.2, 0.25) is 0 Å². The molecule has 0 N–H and O–H groups in total. The molecule has 0 bridgehead atoms. The average Bonchev–Trinajstić information content (AvgIpc) is 2.77. The van der Waals surface area contributed by atoms with Gasteiger partial charge in [-0.1, -0.05) is 0 Å². The van der Waals surface area contributed by atoms with Crippen LogP contribution >= 0.6 is 11.3 Å². The van der Waals surface area contributed by atoms with Crippen LogP contribution in [0.1, 0.15) is 10.6 Å². The van der Waals surface area contributed by atoms with Crippen LogP contribution in [0.3, 0.4) is 0 Å². The quantitative estimate of drug-likeness (QED) is 0.796. The molecule has 0 amide bonds. The van der Waals surface area contributed by atoms with Crippen molar-refractivity contribution in [2.75, 3.05) is 7.11 Å². The Morgan fingerprint density at radius 2 is 2.25 bits per heavy atom. The molecule has 0 saturated carbocycles. The maximum absolute atomic E-state index is 8.71. The van der Waals surface area contributed by atoms with Crippen LogP contribution in [0.15, 0.2) is 23.6 Å². The topological polar surface area (TPSA) is 45.9 Å². The van der Waals surface area contributed by atoms with E-state index in [1.807, 2.05) is 36.6 Å². The lowest BCUT2D eigenvalue weighted by atomic mass is 10.1. The van der Waals surface area contributed by atoms with Gasteiger partial charge in [0.05, 0.1) is 12.8 Å². The van der Waals surface area contributed by atoms with Gasteiger partial charge in [-0.15, -0.1) is 11.3 Å². The molecule has 1 aromatic heterocycles. The summed E-state index contributed by atoms with van der Waals surface area (Å²) in [4.78, 5) is 4.21. The van der Waals surface area contributed by atoms with Gasteiger partial charge in [-0.2, -0.15) is 5.26 Å². The van der Waals surface area contributed by atoms with Crippen molar-refractivity contribution in [1.82, 2.24) is 4.98 Å². The number of rotatable bonds is 2. The number of hydrogen-bond donors (Lipinski definition) is 0. The predicted octanol–water partition coefficient (Wildman–Crippen LogP) is 3.00. The molecule has 4 heteroatoms. The molecule has 16 heavy (non-hydrogen) atoms. The Labute approximate surface area is 97.9 Å². The standard InChI is InChI=1S/C12H10N2OS/c1-8-5-9(3-4-11(8)15-2)10-7-16-12(6-13)14-10/h3-5,7H,1-2H3. The van der Waals surface area contributed by atoms with Gasteiger partial charge >= 0.3 is 0 Å². The lowest BCUT2D eigenvalue weighted by Crippen LogP contribution is -1.87. The molecule has 3 nitrogen and oxygen atoms in total. The molecule has 0 saturated heterocycles. The maximum Gasteiger partial charge on any atom is 0.194 e. The summed E-state index contributed by atoms with van der Waals surface area (Å²) in [7, 11) is 1.65. The summed E-state index contributed by atoms with van der Waals surface area (Å²) < 4.78 is 5.19. The first-order valence-electron chi connectivity index (χ1n) is 4.75. The number of nitrogens with zero attached hydrogens (tertiary/aromatic N) is 2. The number of methoxy groups -OCH3 is 1. The summed E-state index contributed by atoms with van der Waals surface area (Å²) in [6.07, 6.45) is 0. The smallest absolute Gasteiger partial charge is 0.194 e. The van der Waals surface area contributed by atoms with Crippen molar-refractivity contribution in [3.8, 4) is 23.1 Å². The molecular formula is C12H10N2OS. The minimum Gasteiger partial charge on any atom is -0.496 e. The lowest BCUT2D eigenvalue weighted by molar-refractivity contribution is 0.412. The van der Waals surface area contributed by atoms with Crippen LogP contribution in [0.25, 0.3) is 11.3 Å². The molecule has 0 aliphatic heterocycles. The summed E-state index contributed by atoms with van der Waals surface area (Å²) in [5.74, 6) is 0.861. The van der Waals surface area contributed by atoms with E-state index in [1.165, 1.54) is 11.3 Å². The van der Waals surface area contributed by atoms with Gasteiger partial charge in [-0.25, -0.2) is 4.98 Å². The first kappa shape index (κ1) is 10.7. The van der Waals surface area contributed by atoms with Crippen molar-refractivity contribution in [2.24, 2.45) is 0 Å². The van der Waals surface area contributed by atoms with Gasteiger partial charge in [-0.05, 0) is 30.7 Å². The fourth-order valence-electron chi connectivity index (χ4n) is 1.50. The molecule has 2 rings (SSSR count). The number of aryl methyl sites for hydroxylation is 1. The molecule has 1 heterocycles. The van der Waals surface area contributed by atoms with Crippen molar-refractivity contribution in [3.63, 3.8) is 0 Å². The van der Waals surface area contributed by atoms with Crippen molar-refractivity contribution >= 4 is 11.3 Å². The molecule has 0 radical (unpaired) electrons. The fourth-order valence-corrected chi connectivity index (χ4v) is 2.11. The Morgan fingerprint density at radius 1 is 1.44 bits per heavy atom. The first-order chi connectivity index (χ1) is 7.74. The van der Waals surface area contributed by atoms with Crippen molar-refractivity contribution in [2.45, 2.75) is 6.92 Å². The Bertz CT molecular complexity index is 554. The molecule has 0 unspecified atom stereocenters. The van der Waals surface area contributed by atoms with Crippen molar-refractivity contribution in [3.05, 3.63) is 34.2 Å². The molecule has 0 aliphatic carbocycles. The molecule has 2 aromatic rings. The van der Waals surface area contributed by atoms with Crippen LogP contribution < -0.4 is 4.74 Å². The lowest BCUT2D eigenvalue weighted by Gasteiger charge is -2.05. The Hall–Kier alpha value is -1.86. The van der Waals surface area contributed by atoms with E-state index in [1.54, 1.807) is 7.11 Å². The monoisotopic (exact) mass is 230 g/mol. The highest BCUT2D eigenvalue weighted by Gasteiger charge is 2.06. The highest BCUT2D eigenvalue weighted by molar-refractivity contribution is 7.10. The van der Waals surface area contributed by atoms with Gasteiger partial charge in [0.25, 0.3) is 0 Å². The zero-order chi connectivity index (χ0) is 11.5. The summed E-state index contributed by atoms with van der Waals surface area (Å²) >= 11 is 1.36. The van der Waals surface area contributed by atoms with Gasteiger partial charge in [0.1, 0.15) is 11.8 Å². The average molecular weight is 230 g/mol. The third-order valence-corrected chi connectivity index (χ3v) is 3.04.